The minimum absolute atomic E-state index is 0.113. The molecule has 0 spiro atoms. The van der Waals surface area contributed by atoms with Crippen LogP contribution >= 0.6 is 0 Å². The number of nitrogens with one attached hydrogen (secondary N) is 1. The van der Waals surface area contributed by atoms with E-state index in [1.807, 2.05) is 81.6 Å². The fraction of sp³-hybridized carbons (Fsp3) is 0.240. The minimum Gasteiger partial charge on any atom is -0.489 e. The quantitative estimate of drug-likeness (QED) is 0.459. The maximum absolute atomic E-state index is 12.3. The molecule has 1 amide bonds. The highest BCUT2D eigenvalue weighted by Crippen LogP contribution is 2.27. The van der Waals surface area contributed by atoms with E-state index in [4.69, 9.17) is 9.47 Å². The molecule has 1 N–H and O–H groups in total. The number of pyridine rings is 1. The summed E-state index contributed by atoms with van der Waals surface area (Å²) in [5.74, 6) is 0.988. The van der Waals surface area contributed by atoms with Crippen LogP contribution in [0.1, 0.15) is 22.4 Å². The van der Waals surface area contributed by atoms with Gasteiger partial charge in [-0.2, -0.15) is 0 Å². The number of ether oxygens (including phenoxy) is 2. The zero-order chi connectivity index (χ0) is 22.5. The number of nitrogens with zero attached hydrogens (tertiary/aromatic N) is 3. The Labute approximate surface area is 187 Å². The number of fused-ring (bicyclic) bond motifs is 1. The van der Waals surface area contributed by atoms with Crippen LogP contribution in [0, 0.1) is 13.8 Å². The van der Waals surface area contributed by atoms with E-state index in [9.17, 15) is 4.79 Å². The summed E-state index contributed by atoms with van der Waals surface area (Å²) in [4.78, 5) is 16.8. The van der Waals surface area contributed by atoms with E-state index >= 15 is 0 Å². The molecule has 0 unspecified atom stereocenters. The summed E-state index contributed by atoms with van der Waals surface area (Å²) in [6.45, 7) is 4.74. The monoisotopic (exact) mass is 430 g/mol. The fourth-order valence-corrected chi connectivity index (χ4v) is 3.48. The lowest BCUT2D eigenvalue weighted by Crippen LogP contribution is -2.28. The molecule has 7 nitrogen and oxygen atoms in total. The fourth-order valence-electron chi connectivity index (χ4n) is 3.48. The molecule has 164 valence electrons. The molecule has 0 aliphatic rings. The second kappa shape index (κ2) is 9.51. The van der Waals surface area contributed by atoms with Crippen molar-refractivity contribution in [2.24, 2.45) is 7.05 Å². The highest BCUT2D eigenvalue weighted by Gasteiger charge is 2.15. The summed E-state index contributed by atoms with van der Waals surface area (Å²) in [5, 5.41) is 8.07. The summed E-state index contributed by atoms with van der Waals surface area (Å²) in [6.07, 6.45) is 0. The number of hydrogen-bond donors (Lipinski definition) is 1. The maximum Gasteiger partial charge on any atom is 0.258 e. The molecule has 0 radical (unpaired) electrons. The molecule has 0 saturated heterocycles. The molecule has 0 bridgehead atoms. The van der Waals surface area contributed by atoms with E-state index in [1.165, 1.54) is 0 Å². The van der Waals surface area contributed by atoms with E-state index in [2.05, 4.69) is 15.4 Å². The van der Waals surface area contributed by atoms with Crippen LogP contribution in [0.2, 0.25) is 0 Å². The Kier molecular flexibility index (Phi) is 6.35. The predicted octanol–water partition coefficient (Wildman–Crippen LogP) is 3.86. The molecule has 2 heterocycles. The molecule has 2 aromatic heterocycles. The second-order valence-corrected chi connectivity index (χ2v) is 7.69. The number of amides is 1. The Morgan fingerprint density at radius 1 is 1.00 bits per heavy atom. The number of carbonyl (C=O) groups is 1. The summed E-state index contributed by atoms with van der Waals surface area (Å²) < 4.78 is 13.2. The van der Waals surface area contributed by atoms with Crippen molar-refractivity contribution in [3.63, 3.8) is 0 Å². The van der Waals surface area contributed by atoms with Crippen LogP contribution in [0.25, 0.3) is 11.0 Å². The van der Waals surface area contributed by atoms with Crippen molar-refractivity contribution in [1.29, 1.82) is 0 Å². The van der Waals surface area contributed by atoms with Gasteiger partial charge < -0.3 is 14.8 Å². The van der Waals surface area contributed by atoms with Crippen LogP contribution in [0.5, 0.6) is 11.6 Å². The van der Waals surface area contributed by atoms with Gasteiger partial charge in [0, 0.05) is 19.3 Å². The predicted molar refractivity (Wildman–Crippen MR) is 123 cm³/mol. The van der Waals surface area contributed by atoms with Crippen LogP contribution in [0.15, 0.2) is 60.7 Å². The van der Waals surface area contributed by atoms with E-state index in [1.54, 1.807) is 4.68 Å². The molecule has 2 aromatic carbocycles. The Bertz CT molecular complexity index is 1220. The van der Waals surface area contributed by atoms with E-state index in [0.717, 1.165) is 39.2 Å². The Balaban J connectivity index is 1.28. The highest BCUT2D eigenvalue weighted by atomic mass is 16.5. The number of carbonyl (C=O) groups excluding carboxylic acids is 1. The zero-order valence-corrected chi connectivity index (χ0v) is 18.5. The largest absolute Gasteiger partial charge is 0.489 e. The summed E-state index contributed by atoms with van der Waals surface area (Å²) in [7, 11) is 1.81. The summed E-state index contributed by atoms with van der Waals surface area (Å²) in [5.41, 5.74) is 4.77. The molecule has 7 heteroatoms. The Hall–Kier alpha value is -3.87. The lowest BCUT2D eigenvalue weighted by molar-refractivity contribution is -0.123. The third kappa shape index (κ3) is 5.06. The van der Waals surface area contributed by atoms with Gasteiger partial charge in [-0.15, -0.1) is 5.10 Å². The van der Waals surface area contributed by atoms with Gasteiger partial charge in [-0.3, -0.25) is 4.79 Å². The lowest BCUT2D eigenvalue weighted by Gasteiger charge is -2.09. The summed E-state index contributed by atoms with van der Waals surface area (Å²) in [6, 6.07) is 19.7. The van der Waals surface area contributed by atoms with Gasteiger partial charge in [-0.1, -0.05) is 42.5 Å². The van der Waals surface area contributed by atoms with Crippen molar-refractivity contribution in [3.8, 4) is 11.6 Å². The van der Waals surface area contributed by atoms with Crippen molar-refractivity contribution in [3.05, 3.63) is 83.0 Å². The lowest BCUT2D eigenvalue weighted by atomic mass is 10.2. The van der Waals surface area contributed by atoms with Crippen molar-refractivity contribution in [1.82, 2.24) is 20.1 Å². The molecule has 0 atom stereocenters. The number of benzene rings is 2. The van der Waals surface area contributed by atoms with E-state index < -0.39 is 0 Å². The molecule has 4 aromatic rings. The van der Waals surface area contributed by atoms with Crippen molar-refractivity contribution < 1.29 is 14.3 Å². The number of hydrogen-bond acceptors (Lipinski definition) is 5. The molecule has 0 saturated carbocycles. The zero-order valence-electron chi connectivity index (χ0n) is 18.5. The van der Waals surface area contributed by atoms with Crippen molar-refractivity contribution in [2.45, 2.75) is 27.0 Å². The first-order chi connectivity index (χ1) is 15.5. The van der Waals surface area contributed by atoms with Gasteiger partial charge in [0.25, 0.3) is 5.91 Å². The van der Waals surface area contributed by atoms with Crippen LogP contribution in [0.4, 0.5) is 0 Å². The van der Waals surface area contributed by atoms with Crippen LogP contribution in [-0.2, 0) is 25.0 Å². The average Bonchev–Trinajstić information content (AvgIpc) is 3.12. The van der Waals surface area contributed by atoms with Crippen molar-refractivity contribution in [2.75, 3.05) is 6.61 Å². The SMILES string of the molecule is Cc1cc(C)c2c(OCC(=O)NCc3ccc(OCc4ccccc4)cc3)nn(C)c2n1. The van der Waals surface area contributed by atoms with Gasteiger partial charge >= 0.3 is 0 Å². The van der Waals surface area contributed by atoms with Gasteiger partial charge in [0.15, 0.2) is 12.3 Å². The Morgan fingerprint density at radius 3 is 2.50 bits per heavy atom. The maximum atomic E-state index is 12.3. The number of aryl methyl sites for hydroxylation is 3. The standard InChI is InChI=1S/C25H26N4O3/c1-17-13-18(2)27-24-23(17)25(28-29(24)3)32-16-22(30)26-14-19-9-11-21(12-10-19)31-15-20-7-5-4-6-8-20/h4-13H,14-16H2,1-3H3,(H,26,30). The molecular formula is C25H26N4O3. The topological polar surface area (TPSA) is 78.3 Å². The second-order valence-electron chi connectivity index (χ2n) is 7.69. The van der Waals surface area contributed by atoms with Gasteiger partial charge in [-0.25, -0.2) is 9.67 Å². The number of rotatable bonds is 8. The Morgan fingerprint density at radius 2 is 1.75 bits per heavy atom. The van der Waals surface area contributed by atoms with Gasteiger partial charge in [0.2, 0.25) is 5.88 Å². The average molecular weight is 431 g/mol. The molecule has 0 aliphatic heterocycles. The molecule has 32 heavy (non-hydrogen) atoms. The number of aromatic nitrogens is 3. The molecule has 0 aliphatic carbocycles. The van der Waals surface area contributed by atoms with Gasteiger partial charge in [0.1, 0.15) is 12.4 Å². The van der Waals surface area contributed by atoms with Crippen LogP contribution < -0.4 is 14.8 Å². The third-order valence-corrected chi connectivity index (χ3v) is 5.09. The summed E-state index contributed by atoms with van der Waals surface area (Å²) >= 11 is 0. The first-order valence-electron chi connectivity index (χ1n) is 10.5. The van der Waals surface area contributed by atoms with Crippen molar-refractivity contribution >= 4 is 16.9 Å². The van der Waals surface area contributed by atoms with E-state index in [0.29, 0.717) is 19.0 Å². The normalized spacial score (nSPS) is 10.8. The third-order valence-electron chi connectivity index (χ3n) is 5.09. The molecule has 0 fully saturated rings. The minimum atomic E-state index is -0.217. The molecule has 4 rings (SSSR count). The van der Waals surface area contributed by atoms with Gasteiger partial charge in [0.05, 0.1) is 5.39 Å². The first kappa shape index (κ1) is 21.4. The van der Waals surface area contributed by atoms with E-state index in [-0.39, 0.29) is 12.5 Å². The van der Waals surface area contributed by atoms with Crippen LogP contribution in [-0.4, -0.2) is 27.3 Å². The van der Waals surface area contributed by atoms with Gasteiger partial charge in [-0.05, 0) is 48.7 Å². The molecular weight excluding hydrogens is 404 g/mol. The first-order valence-corrected chi connectivity index (χ1v) is 10.5. The highest BCUT2D eigenvalue weighted by molar-refractivity contribution is 5.85. The van der Waals surface area contributed by atoms with Crippen LogP contribution in [0.3, 0.4) is 0 Å². The smallest absolute Gasteiger partial charge is 0.258 e.